The first kappa shape index (κ1) is 52.1. The fourth-order valence-electron chi connectivity index (χ4n) is 7.12. The van der Waals surface area contributed by atoms with Crippen molar-refractivity contribution in [3.8, 4) is 23.0 Å². The highest BCUT2D eigenvalue weighted by Gasteiger charge is 2.38. The summed E-state index contributed by atoms with van der Waals surface area (Å²) in [6.07, 6.45) is 8.09. The first-order chi connectivity index (χ1) is 29.6. The Morgan fingerprint density at radius 1 is 0.333 bits per heavy atom. The summed E-state index contributed by atoms with van der Waals surface area (Å²) in [5.41, 5.74) is 4.58. The molecule has 0 saturated heterocycles. The molecule has 63 heavy (non-hydrogen) atoms. The number of hydrogen-bond acceptors (Lipinski definition) is 5. The van der Waals surface area contributed by atoms with Gasteiger partial charge in [0.2, 0.25) is 0 Å². The van der Waals surface area contributed by atoms with Crippen molar-refractivity contribution >= 4 is 38.8 Å². The van der Waals surface area contributed by atoms with E-state index in [-0.39, 0.29) is 21.7 Å². The third-order valence-electron chi connectivity index (χ3n) is 11.6. The Hall–Kier alpha value is -3.53. The molecule has 0 fully saturated rings. The first-order valence-corrected chi connectivity index (χ1v) is 27.0. The lowest BCUT2D eigenvalue weighted by atomic mass is 9.87. The van der Waals surface area contributed by atoms with Crippen LogP contribution in [0, 0.1) is 0 Å². The van der Waals surface area contributed by atoms with Gasteiger partial charge in [-0.1, -0.05) is 185 Å². The standard InChI is InChI=1S/C56H84O5Si2/c1-17-21-33-57-45-29-25-41(53(5,6)7)37-49(45)62(50-38-42(54(8,9)10)26-30-46(50)58-34-22-18-2)61-63(51-39-43(55(11,12)13)27-31-47(51)59-35-23-19-3)52-40-44(56(14,15)16)28-32-48(52)60-36-24-20-4/h25-32,37-40H,17-24,33-36H2,1-16H3. The molecule has 0 aliphatic heterocycles. The van der Waals surface area contributed by atoms with Gasteiger partial charge < -0.3 is 23.1 Å². The molecule has 4 aromatic carbocycles. The van der Waals surface area contributed by atoms with E-state index < -0.39 is 18.1 Å². The van der Waals surface area contributed by atoms with E-state index in [1.54, 1.807) is 0 Å². The Balaban J connectivity index is 2.25. The highest BCUT2D eigenvalue weighted by Crippen LogP contribution is 2.31. The van der Waals surface area contributed by atoms with Crippen molar-refractivity contribution in [3.05, 3.63) is 95.1 Å². The molecule has 0 unspecified atom stereocenters. The molecule has 0 aliphatic rings. The van der Waals surface area contributed by atoms with Crippen LogP contribution in [0.2, 0.25) is 0 Å². The molecule has 0 aliphatic carbocycles. The Morgan fingerprint density at radius 2 is 0.540 bits per heavy atom. The summed E-state index contributed by atoms with van der Waals surface area (Å²) in [7, 11) is -4.36. The molecular weight excluding hydrogens is 809 g/mol. The van der Waals surface area contributed by atoms with E-state index in [0.29, 0.717) is 26.4 Å². The van der Waals surface area contributed by atoms with Gasteiger partial charge in [0, 0.05) is 20.7 Å². The van der Waals surface area contributed by atoms with Gasteiger partial charge in [0.05, 0.1) is 26.4 Å². The summed E-state index contributed by atoms with van der Waals surface area (Å²) in [4.78, 5) is 0. The molecule has 346 valence electrons. The fourth-order valence-corrected chi connectivity index (χ4v) is 12.9. The number of hydrogen-bond donors (Lipinski definition) is 0. The normalized spacial score (nSPS) is 12.6. The minimum atomic E-state index is -2.18. The predicted molar refractivity (Wildman–Crippen MR) is 273 cm³/mol. The topological polar surface area (TPSA) is 46.2 Å². The fraction of sp³-hybridized carbons (Fsp3) is 0.571. The largest absolute Gasteiger partial charge is 0.494 e. The molecule has 4 rings (SSSR count). The molecule has 4 aromatic rings. The van der Waals surface area contributed by atoms with Gasteiger partial charge in [0.15, 0.2) is 0 Å². The summed E-state index contributed by atoms with van der Waals surface area (Å²) in [5.74, 6) is 3.55. The molecule has 2 radical (unpaired) electrons. The van der Waals surface area contributed by atoms with Crippen LogP contribution >= 0.6 is 0 Å². The SMILES string of the molecule is CCCCOc1ccc(C(C)(C)C)cc1[Si](O[Si](c1cc(C(C)(C)C)ccc1OCCCC)c1cc(C(C)(C)C)ccc1OCCCC)c1cc(C(C)(C)C)ccc1OCCCC. The monoisotopic (exact) mass is 893 g/mol. The third-order valence-corrected chi connectivity index (χ3v) is 16.7. The second-order valence-corrected chi connectivity index (χ2v) is 25.7. The zero-order valence-electron chi connectivity index (χ0n) is 42.5. The van der Waals surface area contributed by atoms with Crippen molar-refractivity contribution in [1.29, 1.82) is 0 Å². The zero-order chi connectivity index (χ0) is 46.6. The molecule has 0 aromatic heterocycles. The van der Waals surface area contributed by atoms with Gasteiger partial charge in [0.25, 0.3) is 18.1 Å². The maximum absolute atomic E-state index is 8.34. The third kappa shape index (κ3) is 14.7. The number of ether oxygens (including phenoxy) is 4. The van der Waals surface area contributed by atoms with Crippen LogP contribution in [-0.2, 0) is 25.8 Å². The van der Waals surface area contributed by atoms with Crippen LogP contribution in [-0.4, -0.2) is 44.5 Å². The van der Waals surface area contributed by atoms with Gasteiger partial charge in [-0.3, -0.25) is 0 Å². The summed E-state index contributed by atoms with van der Waals surface area (Å²) in [6.45, 7) is 38.9. The molecule has 0 amide bonds. The van der Waals surface area contributed by atoms with E-state index >= 15 is 0 Å². The van der Waals surface area contributed by atoms with Crippen LogP contribution in [0.1, 0.15) is 184 Å². The molecule has 7 heteroatoms. The minimum absolute atomic E-state index is 0.103. The molecule has 0 N–H and O–H groups in total. The van der Waals surface area contributed by atoms with E-state index in [1.165, 1.54) is 22.3 Å². The average Bonchev–Trinajstić information content (AvgIpc) is 3.21. The van der Waals surface area contributed by atoms with Crippen molar-refractivity contribution in [3.63, 3.8) is 0 Å². The number of rotatable bonds is 22. The highest BCUT2D eigenvalue weighted by molar-refractivity contribution is 6.93. The smallest absolute Gasteiger partial charge is 0.280 e. The Morgan fingerprint density at radius 3 is 0.714 bits per heavy atom. The Bertz CT molecular complexity index is 1740. The van der Waals surface area contributed by atoms with Crippen LogP contribution < -0.4 is 39.7 Å². The van der Waals surface area contributed by atoms with E-state index in [1.807, 2.05) is 0 Å². The van der Waals surface area contributed by atoms with Crippen molar-refractivity contribution in [2.45, 2.75) is 184 Å². The lowest BCUT2D eigenvalue weighted by Gasteiger charge is -2.31. The molecule has 5 nitrogen and oxygen atoms in total. The van der Waals surface area contributed by atoms with E-state index in [0.717, 1.165) is 95.1 Å². The van der Waals surface area contributed by atoms with Gasteiger partial charge in [-0.15, -0.1) is 0 Å². The summed E-state index contributed by atoms with van der Waals surface area (Å²) < 4.78 is 35.7. The van der Waals surface area contributed by atoms with Crippen molar-refractivity contribution in [2.24, 2.45) is 0 Å². The summed E-state index contributed by atoms with van der Waals surface area (Å²) in [5, 5.41) is 4.44. The maximum Gasteiger partial charge on any atom is 0.280 e. The van der Waals surface area contributed by atoms with Gasteiger partial charge in [-0.2, -0.15) is 0 Å². The zero-order valence-corrected chi connectivity index (χ0v) is 44.5. The van der Waals surface area contributed by atoms with E-state index in [4.69, 9.17) is 23.1 Å². The van der Waals surface area contributed by atoms with Crippen molar-refractivity contribution in [1.82, 2.24) is 0 Å². The van der Waals surface area contributed by atoms with Gasteiger partial charge in [-0.25, -0.2) is 0 Å². The second-order valence-electron chi connectivity index (χ2n) is 21.4. The van der Waals surface area contributed by atoms with E-state index in [2.05, 4.69) is 184 Å². The predicted octanol–water partition coefficient (Wildman–Crippen LogP) is 12.5. The van der Waals surface area contributed by atoms with Crippen molar-refractivity contribution < 1.29 is 23.1 Å². The van der Waals surface area contributed by atoms with Crippen LogP contribution in [0.4, 0.5) is 0 Å². The highest BCUT2D eigenvalue weighted by atomic mass is 28.4. The Kier molecular flexibility index (Phi) is 19.1. The van der Waals surface area contributed by atoms with Gasteiger partial charge in [-0.05, 0) is 93.9 Å². The first-order valence-electron chi connectivity index (χ1n) is 24.2. The molecule has 0 heterocycles. The van der Waals surface area contributed by atoms with E-state index in [9.17, 15) is 0 Å². The number of unbranched alkanes of at least 4 members (excludes halogenated alkanes) is 4. The van der Waals surface area contributed by atoms with Gasteiger partial charge >= 0.3 is 0 Å². The van der Waals surface area contributed by atoms with Crippen molar-refractivity contribution in [2.75, 3.05) is 26.4 Å². The van der Waals surface area contributed by atoms with Crippen LogP contribution in [0.5, 0.6) is 23.0 Å². The average molecular weight is 893 g/mol. The molecular formula is C56H84O5Si2. The Labute approximate surface area is 388 Å². The quantitative estimate of drug-likeness (QED) is 0.0581. The second kappa shape index (κ2) is 23.1. The minimum Gasteiger partial charge on any atom is -0.494 e. The van der Waals surface area contributed by atoms with Gasteiger partial charge in [0.1, 0.15) is 23.0 Å². The maximum atomic E-state index is 8.34. The molecule has 0 atom stereocenters. The lowest BCUT2D eigenvalue weighted by Crippen LogP contribution is -2.57. The lowest BCUT2D eigenvalue weighted by molar-refractivity contribution is 0.309. The summed E-state index contributed by atoms with van der Waals surface area (Å²) in [6, 6.07) is 27.4. The molecule has 0 saturated carbocycles. The molecule has 0 spiro atoms. The molecule has 0 bridgehead atoms. The van der Waals surface area contributed by atoms with Crippen LogP contribution in [0.25, 0.3) is 0 Å². The van der Waals surface area contributed by atoms with Crippen LogP contribution in [0.15, 0.2) is 72.8 Å². The number of benzene rings is 4. The summed E-state index contributed by atoms with van der Waals surface area (Å²) >= 11 is 0. The van der Waals surface area contributed by atoms with Crippen LogP contribution in [0.3, 0.4) is 0 Å².